The van der Waals surface area contributed by atoms with Crippen molar-refractivity contribution in [3.05, 3.63) is 46.7 Å². The number of pyridine rings is 1. The molecule has 0 aliphatic heterocycles. The first-order chi connectivity index (χ1) is 14.7. The van der Waals surface area contributed by atoms with Crippen LogP contribution in [-0.2, 0) is 17.0 Å². The van der Waals surface area contributed by atoms with Crippen LogP contribution in [0.2, 0.25) is 0 Å². The molecule has 0 aliphatic rings. The van der Waals surface area contributed by atoms with Gasteiger partial charge in [0.15, 0.2) is 11.0 Å². The maximum atomic E-state index is 5.55. The number of hydrogen-bond donors (Lipinski definition) is 0. The molecule has 7 nitrogen and oxygen atoms in total. The molecule has 0 saturated heterocycles. The van der Waals surface area contributed by atoms with Crippen molar-refractivity contribution in [2.45, 2.75) is 30.8 Å². The average molecular weight is 493 g/mol. The highest BCUT2D eigenvalue weighted by Crippen LogP contribution is 2.36. The molecule has 0 amide bonds. The quantitative estimate of drug-likeness (QED) is 0.280. The molecule has 160 valence electrons. The number of methoxy groups -OCH3 is 2. The maximum Gasteiger partial charge on any atom is 0.191 e. The molecule has 3 rings (SSSR count). The lowest BCUT2D eigenvalue weighted by molar-refractivity contribution is 0.141. The Labute approximate surface area is 189 Å². The van der Waals surface area contributed by atoms with E-state index in [1.54, 1.807) is 38.4 Å². The summed E-state index contributed by atoms with van der Waals surface area (Å²) in [5.41, 5.74) is 2.01. The van der Waals surface area contributed by atoms with E-state index in [2.05, 4.69) is 35.7 Å². The Kier molecular flexibility index (Phi) is 8.53. The van der Waals surface area contributed by atoms with Gasteiger partial charge in [-0.25, -0.2) is 0 Å². The van der Waals surface area contributed by atoms with Gasteiger partial charge in [-0.1, -0.05) is 11.8 Å². The van der Waals surface area contributed by atoms with Gasteiger partial charge in [-0.05, 0) is 53.5 Å². The van der Waals surface area contributed by atoms with E-state index < -0.39 is 0 Å². The Morgan fingerprint density at radius 3 is 2.53 bits per heavy atom. The van der Waals surface area contributed by atoms with E-state index in [4.69, 9.17) is 14.2 Å². The van der Waals surface area contributed by atoms with Gasteiger partial charge in [0.1, 0.15) is 11.5 Å². The highest BCUT2D eigenvalue weighted by atomic mass is 79.9. The molecule has 1 aromatic carbocycles. The summed E-state index contributed by atoms with van der Waals surface area (Å²) in [7, 11) is 3.32. The van der Waals surface area contributed by atoms with E-state index in [0.717, 1.165) is 51.0 Å². The van der Waals surface area contributed by atoms with Gasteiger partial charge in [-0.15, -0.1) is 10.2 Å². The number of nitrogens with zero attached hydrogens (tertiary/aromatic N) is 4. The zero-order valence-corrected chi connectivity index (χ0v) is 19.7. The van der Waals surface area contributed by atoms with Crippen LogP contribution in [0.1, 0.15) is 18.9 Å². The van der Waals surface area contributed by atoms with Crippen molar-refractivity contribution in [2.24, 2.45) is 0 Å². The van der Waals surface area contributed by atoms with E-state index in [1.165, 1.54) is 0 Å². The Hall–Kier alpha value is -2.10. The number of halogens is 1. The van der Waals surface area contributed by atoms with Gasteiger partial charge in [0.25, 0.3) is 0 Å². The van der Waals surface area contributed by atoms with E-state index >= 15 is 0 Å². The second-order valence-electron chi connectivity index (χ2n) is 6.33. The van der Waals surface area contributed by atoms with Crippen molar-refractivity contribution >= 4 is 27.7 Å². The fraction of sp³-hybridized carbons (Fsp3) is 0.381. The van der Waals surface area contributed by atoms with Crippen LogP contribution >= 0.6 is 27.7 Å². The molecule has 0 aliphatic carbocycles. The van der Waals surface area contributed by atoms with Gasteiger partial charge < -0.3 is 18.8 Å². The smallest absolute Gasteiger partial charge is 0.191 e. The Morgan fingerprint density at radius 1 is 1.07 bits per heavy atom. The molecule has 2 aromatic heterocycles. The summed E-state index contributed by atoms with van der Waals surface area (Å²) in [6.07, 6.45) is 4.41. The zero-order chi connectivity index (χ0) is 21.3. The summed E-state index contributed by atoms with van der Waals surface area (Å²) in [5, 5.41) is 9.75. The van der Waals surface area contributed by atoms with Gasteiger partial charge in [0.05, 0.1) is 18.7 Å². The molecule has 9 heteroatoms. The molecule has 30 heavy (non-hydrogen) atoms. The number of ether oxygens (including phenoxy) is 3. The van der Waals surface area contributed by atoms with Crippen LogP contribution in [0.4, 0.5) is 0 Å². The lowest BCUT2D eigenvalue weighted by Gasteiger charge is -2.13. The van der Waals surface area contributed by atoms with Gasteiger partial charge in [0.2, 0.25) is 0 Å². The molecule has 2 heterocycles. The van der Waals surface area contributed by atoms with Crippen LogP contribution in [-0.4, -0.2) is 47.2 Å². The van der Waals surface area contributed by atoms with Crippen LogP contribution in [0, 0.1) is 0 Å². The van der Waals surface area contributed by atoms with Crippen LogP contribution in [0.3, 0.4) is 0 Å². The number of rotatable bonds is 11. The number of benzene rings is 1. The Bertz CT molecular complexity index is 953. The van der Waals surface area contributed by atoms with E-state index in [1.807, 2.05) is 31.2 Å². The molecule has 0 radical (unpaired) electrons. The summed E-state index contributed by atoms with van der Waals surface area (Å²) in [4.78, 5) is 4.10. The fourth-order valence-corrected chi connectivity index (χ4v) is 4.39. The molecule has 3 aromatic rings. The summed E-state index contributed by atoms with van der Waals surface area (Å²) in [6.45, 7) is 4.19. The summed E-state index contributed by atoms with van der Waals surface area (Å²) in [6, 6.07) is 7.79. The molecule has 0 unspecified atom stereocenters. The lowest BCUT2D eigenvalue weighted by Crippen LogP contribution is -2.06. The van der Waals surface area contributed by atoms with Crippen molar-refractivity contribution in [1.29, 1.82) is 0 Å². The molecule has 0 spiro atoms. The van der Waals surface area contributed by atoms with Crippen LogP contribution in [0.5, 0.6) is 11.5 Å². The minimum atomic E-state index is 0.673. The molecular formula is C21H25BrN4O3S. The third kappa shape index (κ3) is 5.53. The Balaban J connectivity index is 1.84. The van der Waals surface area contributed by atoms with Gasteiger partial charge in [0, 0.05) is 49.0 Å². The summed E-state index contributed by atoms with van der Waals surface area (Å²) in [5.74, 6) is 3.07. The average Bonchev–Trinajstić information content (AvgIpc) is 3.18. The third-order valence-corrected chi connectivity index (χ3v) is 6.08. The first-order valence-corrected chi connectivity index (χ1v) is 11.4. The topological polar surface area (TPSA) is 71.3 Å². The largest absolute Gasteiger partial charge is 0.496 e. The zero-order valence-electron chi connectivity index (χ0n) is 17.3. The summed E-state index contributed by atoms with van der Waals surface area (Å²) >= 11 is 5.12. The van der Waals surface area contributed by atoms with Crippen molar-refractivity contribution < 1.29 is 14.2 Å². The van der Waals surface area contributed by atoms with Crippen LogP contribution < -0.4 is 9.47 Å². The predicted molar refractivity (Wildman–Crippen MR) is 121 cm³/mol. The minimum absolute atomic E-state index is 0.673. The predicted octanol–water partition coefficient (Wildman–Crippen LogP) is 4.84. The highest BCUT2D eigenvalue weighted by molar-refractivity contribution is 9.10. The molecule has 0 N–H and O–H groups in total. The van der Waals surface area contributed by atoms with Crippen molar-refractivity contribution in [2.75, 3.05) is 27.4 Å². The summed E-state index contributed by atoms with van der Waals surface area (Å²) < 4.78 is 19.5. The monoisotopic (exact) mass is 492 g/mol. The van der Waals surface area contributed by atoms with E-state index in [-0.39, 0.29) is 0 Å². The second kappa shape index (κ2) is 11.3. The van der Waals surface area contributed by atoms with Gasteiger partial charge in [-0.3, -0.25) is 4.98 Å². The second-order valence-corrected chi connectivity index (χ2v) is 8.13. The number of aromatic nitrogens is 4. The lowest BCUT2D eigenvalue weighted by atomic mass is 10.2. The standard InChI is InChI=1S/C21H25BrN4O3S/c1-4-29-11-5-10-26-20(15-6-8-23-9-7-15)24-25-21(26)30-14-16-12-19(28-3)17(22)13-18(16)27-2/h6-9,12-13H,4-5,10-11,14H2,1-3H3. The first-order valence-electron chi connectivity index (χ1n) is 9.62. The maximum absolute atomic E-state index is 5.55. The van der Waals surface area contributed by atoms with Crippen molar-refractivity contribution in [3.8, 4) is 22.9 Å². The number of thioether (sulfide) groups is 1. The van der Waals surface area contributed by atoms with E-state index in [9.17, 15) is 0 Å². The van der Waals surface area contributed by atoms with Crippen LogP contribution in [0.15, 0.2) is 46.3 Å². The molecule has 0 saturated carbocycles. The third-order valence-electron chi connectivity index (χ3n) is 4.44. The van der Waals surface area contributed by atoms with Gasteiger partial charge >= 0.3 is 0 Å². The Morgan fingerprint density at radius 2 is 1.83 bits per heavy atom. The number of hydrogen-bond acceptors (Lipinski definition) is 7. The molecule has 0 atom stereocenters. The van der Waals surface area contributed by atoms with Crippen LogP contribution in [0.25, 0.3) is 11.4 Å². The molecule has 0 bridgehead atoms. The highest BCUT2D eigenvalue weighted by Gasteiger charge is 2.16. The fourth-order valence-electron chi connectivity index (χ4n) is 2.96. The SMILES string of the molecule is CCOCCCn1c(SCc2cc(OC)c(Br)cc2OC)nnc1-c1ccncc1. The first kappa shape index (κ1) is 22.6. The van der Waals surface area contributed by atoms with E-state index in [0.29, 0.717) is 19.0 Å². The normalized spacial score (nSPS) is 10.9. The minimum Gasteiger partial charge on any atom is -0.496 e. The van der Waals surface area contributed by atoms with Gasteiger partial charge in [-0.2, -0.15) is 0 Å². The molecular weight excluding hydrogens is 468 g/mol. The van der Waals surface area contributed by atoms with Crippen molar-refractivity contribution in [1.82, 2.24) is 19.7 Å². The van der Waals surface area contributed by atoms with Crippen molar-refractivity contribution in [3.63, 3.8) is 0 Å². The molecule has 0 fully saturated rings.